The quantitative estimate of drug-likeness (QED) is 0.123. The van der Waals surface area contributed by atoms with Crippen LogP contribution in [0.3, 0.4) is 0 Å². The number of benzene rings is 23. The maximum atomic E-state index is 6.38. The van der Waals surface area contributed by atoms with Crippen molar-refractivity contribution in [3.63, 3.8) is 0 Å². The molecule has 0 aliphatic rings. The first-order chi connectivity index (χ1) is 67.9. The van der Waals surface area contributed by atoms with Crippen LogP contribution in [0.2, 0.25) is 0 Å². The van der Waals surface area contributed by atoms with E-state index in [0.29, 0.717) is 0 Å². The number of para-hydroxylation sites is 8. The van der Waals surface area contributed by atoms with Crippen LogP contribution in [0.1, 0.15) is 0 Å². The van der Waals surface area contributed by atoms with Gasteiger partial charge in [-0.15, -0.1) is 11.3 Å². The Labute approximate surface area is 787 Å². The summed E-state index contributed by atoms with van der Waals surface area (Å²) >= 11 is 1.86. The lowest BCUT2D eigenvalue weighted by Gasteiger charge is -2.14. The zero-order chi connectivity index (χ0) is 89.6. The van der Waals surface area contributed by atoms with E-state index >= 15 is 0 Å². The van der Waals surface area contributed by atoms with Crippen molar-refractivity contribution in [3.8, 4) is 66.8 Å². The molecule has 0 radical (unpaired) electrons. The number of thiophene rings is 1. The summed E-state index contributed by atoms with van der Waals surface area (Å²) in [4.78, 5) is 15.4. The Morgan fingerprint density at radius 2 is 0.467 bits per heavy atom. The number of fused-ring (bicyclic) bond motifs is 39. The fourth-order valence-corrected chi connectivity index (χ4v) is 23.3. The summed E-state index contributed by atoms with van der Waals surface area (Å²) in [6.45, 7) is 0. The Morgan fingerprint density at radius 3 is 0.934 bits per heavy atom. The first-order valence-corrected chi connectivity index (χ1v) is 47.6. The topological polar surface area (TPSA) is 65.0 Å². The molecule has 0 amide bonds. The first-order valence-electron chi connectivity index (χ1n) is 46.8. The number of rotatable bonds is 6. The first kappa shape index (κ1) is 76.7. The number of nitrogens with zero attached hydrogens (tertiary/aromatic N) is 6. The molecule has 137 heavy (non-hydrogen) atoms. The Balaban J connectivity index is 0.0000000996. The smallest absolute Gasteiger partial charge is 0.146 e. The molecule has 0 saturated carbocycles. The van der Waals surface area contributed by atoms with Crippen LogP contribution in [0.5, 0.6) is 0 Å². The molecular formula is C129H76N6OS. The molecule has 31 rings (SSSR count). The Kier molecular flexibility index (Phi) is 17.0. The van der Waals surface area contributed by atoms with Crippen LogP contribution in [0.4, 0.5) is 0 Å². The number of hydrogen-bond acceptors (Lipinski definition) is 5. The van der Waals surface area contributed by atoms with E-state index in [4.69, 9.17) is 19.4 Å². The maximum absolute atomic E-state index is 6.38. The van der Waals surface area contributed by atoms with Crippen LogP contribution in [0.15, 0.2) is 465 Å². The van der Waals surface area contributed by atoms with Crippen LogP contribution in [-0.2, 0) is 0 Å². The van der Waals surface area contributed by atoms with E-state index < -0.39 is 0 Å². The normalized spacial score (nSPS) is 12.1. The van der Waals surface area contributed by atoms with E-state index in [1.165, 1.54) is 195 Å². The predicted molar refractivity (Wildman–Crippen MR) is 581 cm³/mol. The third kappa shape index (κ3) is 12.2. The molecule has 0 fully saturated rings. The number of hydrogen-bond donors (Lipinski definition) is 0. The van der Waals surface area contributed by atoms with Crippen molar-refractivity contribution in [2.45, 2.75) is 0 Å². The lowest BCUT2D eigenvalue weighted by atomic mass is 9.91. The molecule has 0 unspecified atom stereocenters. The minimum atomic E-state index is 0.915. The average Bonchev–Trinajstić information content (AvgIpc) is 1.58. The molecule has 8 heteroatoms. The number of imidazole rings is 3. The Morgan fingerprint density at radius 1 is 0.168 bits per heavy atom. The van der Waals surface area contributed by atoms with Gasteiger partial charge in [0.2, 0.25) is 0 Å². The molecule has 0 aliphatic heterocycles. The second-order valence-corrected chi connectivity index (χ2v) is 37.5. The van der Waals surface area contributed by atoms with Gasteiger partial charge in [0.05, 0.1) is 49.7 Å². The zero-order valence-corrected chi connectivity index (χ0v) is 74.7. The van der Waals surface area contributed by atoms with E-state index in [0.717, 1.165) is 94.0 Å². The molecule has 0 aliphatic carbocycles. The number of aromatic nitrogens is 6. The molecule has 8 heterocycles. The third-order valence-electron chi connectivity index (χ3n) is 28.8. The molecular weight excluding hydrogens is 1680 g/mol. The van der Waals surface area contributed by atoms with Gasteiger partial charge in [-0.2, -0.15) is 0 Å². The van der Waals surface area contributed by atoms with E-state index in [2.05, 4.69) is 462 Å². The van der Waals surface area contributed by atoms with Crippen molar-refractivity contribution in [1.29, 1.82) is 0 Å². The predicted octanol–water partition coefficient (Wildman–Crippen LogP) is 35.6. The minimum Gasteiger partial charge on any atom is -0.455 e. The molecule has 0 spiro atoms. The lowest BCUT2D eigenvalue weighted by Crippen LogP contribution is -1.93. The van der Waals surface area contributed by atoms with Gasteiger partial charge in [-0.25, -0.2) is 15.0 Å². The van der Waals surface area contributed by atoms with Crippen molar-refractivity contribution in [3.05, 3.63) is 461 Å². The number of pyridine rings is 3. The van der Waals surface area contributed by atoms with Gasteiger partial charge >= 0.3 is 0 Å². The van der Waals surface area contributed by atoms with Crippen LogP contribution >= 0.6 is 11.3 Å². The highest BCUT2D eigenvalue weighted by molar-refractivity contribution is 7.25. The maximum Gasteiger partial charge on any atom is 0.146 e. The van der Waals surface area contributed by atoms with E-state index in [-0.39, 0.29) is 0 Å². The highest BCUT2D eigenvalue weighted by Gasteiger charge is 2.23. The van der Waals surface area contributed by atoms with Gasteiger partial charge in [0, 0.05) is 68.8 Å². The standard InChI is InChI=1S/C47H28N2.C41H24N2O.C41H24N2S/c1-2-11-32-28-43-41(25-31(32)10-1)42-27-34(21-23-45(42)49-46-19-8-7-18-44(46)48-47(43)49)30-13-9-12-29(24-30)33-20-22-39-37-16-4-3-14-35(37)36-15-5-6-17-38(36)40(39)26-33;1-2-10-27-24-35-33(22-26(27)9-1)34-23-28(19-20-37(34)43-38-17-5-4-16-36(38)42-41(35)43)25-11-7-12-29(21-25)30-14-8-15-32-31-13-3-6-18-39(31)44-40(30)32;1-2-8-28-24-35-32(21-27(28)7-1)33-22-29(17-19-37(33)43-38-11-5-4-10-36(38)42-41(35)43)25-13-15-26(16-14-25)30-18-20-40-34(23-30)31-9-3-6-12-39(31)44-40/h1-28H;2*1-24H. The molecule has 0 bridgehead atoms. The summed E-state index contributed by atoms with van der Waals surface area (Å²) in [6.07, 6.45) is 0. The molecule has 634 valence electrons. The fourth-order valence-electron chi connectivity index (χ4n) is 22.2. The summed E-state index contributed by atoms with van der Waals surface area (Å²) in [5, 5.41) is 31.0. The Bertz CT molecular complexity index is 10600. The van der Waals surface area contributed by atoms with E-state index in [1.807, 2.05) is 23.5 Å². The zero-order valence-electron chi connectivity index (χ0n) is 73.9. The van der Waals surface area contributed by atoms with Crippen molar-refractivity contribution < 1.29 is 4.42 Å². The molecule has 7 nitrogen and oxygen atoms in total. The molecule has 31 aromatic rings. The number of furan rings is 1. The van der Waals surface area contributed by atoms with Crippen molar-refractivity contribution >= 4 is 233 Å². The second kappa shape index (κ2) is 30.3. The van der Waals surface area contributed by atoms with Gasteiger partial charge in [-0.3, -0.25) is 13.2 Å². The van der Waals surface area contributed by atoms with Crippen LogP contribution < -0.4 is 0 Å². The largest absolute Gasteiger partial charge is 0.455 e. The highest BCUT2D eigenvalue weighted by atomic mass is 32.1. The van der Waals surface area contributed by atoms with Gasteiger partial charge in [0.25, 0.3) is 0 Å². The Hall–Kier alpha value is -18.0. The molecule has 8 aromatic heterocycles. The van der Waals surface area contributed by atoms with Crippen LogP contribution in [0.25, 0.3) is 289 Å². The SMILES string of the molecule is c1cc(-c2ccc3c(c2)c2cc4ccccc4cc2c2nc4ccccc4n32)cc(-c2cccc3c2oc2ccccc23)c1.c1cc(-c2ccc3c4ccccc4c4ccccc4c3c2)cc(-c2ccc3c(c2)c2cc4ccccc4cc2c2nc4ccccc4n32)c1.c1ccc2cc3c(cc2c1)c1cc(-c2ccc(-c4ccc5sc6ccccc6c5c4)cc2)ccc1n1c2ccccc2nc31. The van der Waals surface area contributed by atoms with E-state index in [1.54, 1.807) is 0 Å². The minimum absolute atomic E-state index is 0.915. The van der Waals surface area contributed by atoms with Gasteiger partial charge < -0.3 is 4.42 Å². The third-order valence-corrected chi connectivity index (χ3v) is 29.9. The molecule has 0 saturated heterocycles. The molecule has 0 atom stereocenters. The second-order valence-electron chi connectivity index (χ2n) is 36.4. The average molecular weight is 1760 g/mol. The van der Waals surface area contributed by atoms with Crippen molar-refractivity contribution in [2.24, 2.45) is 0 Å². The van der Waals surface area contributed by atoms with Crippen LogP contribution in [0, 0.1) is 0 Å². The summed E-state index contributed by atoms with van der Waals surface area (Å²) in [7, 11) is 0. The monoisotopic (exact) mass is 1760 g/mol. The summed E-state index contributed by atoms with van der Waals surface area (Å²) in [5.74, 6) is 0. The summed E-state index contributed by atoms with van der Waals surface area (Å²) in [6, 6.07) is 167. The van der Waals surface area contributed by atoms with Crippen molar-refractivity contribution in [2.75, 3.05) is 0 Å². The molecule has 23 aromatic carbocycles. The lowest BCUT2D eigenvalue weighted by molar-refractivity contribution is 0.670. The van der Waals surface area contributed by atoms with Gasteiger partial charge in [0.1, 0.15) is 28.1 Å². The van der Waals surface area contributed by atoms with Gasteiger partial charge in [0.15, 0.2) is 0 Å². The summed E-state index contributed by atoms with van der Waals surface area (Å²) in [5.41, 5.74) is 29.1. The van der Waals surface area contributed by atoms with E-state index in [9.17, 15) is 0 Å². The van der Waals surface area contributed by atoms with Crippen molar-refractivity contribution in [1.82, 2.24) is 28.2 Å². The molecule has 0 N–H and O–H groups in total. The van der Waals surface area contributed by atoms with Crippen LogP contribution in [-0.4, -0.2) is 28.2 Å². The van der Waals surface area contributed by atoms with Gasteiger partial charge in [-0.1, -0.05) is 309 Å². The highest BCUT2D eigenvalue weighted by Crippen LogP contribution is 2.47. The summed E-state index contributed by atoms with van der Waals surface area (Å²) < 4.78 is 16.1. The van der Waals surface area contributed by atoms with Gasteiger partial charge in [-0.05, 0) is 294 Å². The fraction of sp³-hybridized carbons (Fsp3) is 0.